The van der Waals surface area contributed by atoms with Gasteiger partial charge in [-0.2, -0.15) is 0 Å². The number of sulfone groups is 1. The van der Waals surface area contributed by atoms with Crippen LogP contribution in [0, 0.1) is 0 Å². The standard InChI is InChI=1S/C14H18BrNO4S/c15-13-5-4-11(10-12(13)14(17)18)21(19,20)9-3-8-16-6-1-2-7-16/h4-5,10H,1-3,6-9H2,(H,17,18). The SMILES string of the molecule is O=C(O)c1cc(S(=O)(=O)CCCN2CCCC2)ccc1Br. The molecule has 1 aliphatic heterocycles. The Morgan fingerprint density at radius 1 is 1.29 bits per heavy atom. The van der Waals surface area contributed by atoms with Gasteiger partial charge in [0.2, 0.25) is 0 Å². The zero-order valence-corrected chi connectivity index (χ0v) is 14.0. The lowest BCUT2D eigenvalue weighted by molar-refractivity contribution is 0.0695. The highest BCUT2D eigenvalue weighted by Crippen LogP contribution is 2.22. The Bertz CT molecular complexity index is 624. The van der Waals surface area contributed by atoms with Crippen molar-refractivity contribution in [2.45, 2.75) is 24.2 Å². The summed E-state index contributed by atoms with van der Waals surface area (Å²) in [5.41, 5.74) is -0.0318. The first kappa shape index (κ1) is 16.5. The molecule has 0 bridgehead atoms. The molecule has 1 aromatic carbocycles. The topological polar surface area (TPSA) is 74.7 Å². The molecule has 0 saturated carbocycles. The van der Waals surface area contributed by atoms with E-state index >= 15 is 0 Å². The number of likely N-dealkylation sites (tertiary alicyclic amines) is 1. The third-order valence-corrected chi connectivity index (χ3v) is 6.10. The Balaban J connectivity index is 2.04. The Morgan fingerprint density at radius 2 is 1.95 bits per heavy atom. The average Bonchev–Trinajstić information content (AvgIpc) is 2.91. The lowest BCUT2D eigenvalue weighted by Crippen LogP contribution is -2.22. The summed E-state index contributed by atoms with van der Waals surface area (Å²) < 4.78 is 24.9. The van der Waals surface area contributed by atoms with Gasteiger partial charge in [0.15, 0.2) is 9.84 Å². The minimum atomic E-state index is -3.44. The van der Waals surface area contributed by atoms with Crippen LogP contribution in [-0.4, -0.2) is 49.8 Å². The molecule has 0 aliphatic carbocycles. The molecular formula is C14H18BrNO4S. The molecule has 0 unspecified atom stereocenters. The third kappa shape index (κ3) is 4.28. The summed E-state index contributed by atoms with van der Waals surface area (Å²) in [6.45, 7) is 2.87. The molecule has 0 radical (unpaired) electrons. The van der Waals surface area contributed by atoms with Crippen molar-refractivity contribution >= 4 is 31.7 Å². The molecule has 1 fully saturated rings. The normalized spacial score (nSPS) is 16.2. The molecule has 1 saturated heterocycles. The molecule has 0 atom stereocenters. The van der Waals surface area contributed by atoms with Crippen molar-refractivity contribution in [3.05, 3.63) is 28.2 Å². The Kier molecular flexibility index (Phi) is 5.40. The minimum Gasteiger partial charge on any atom is -0.478 e. The van der Waals surface area contributed by atoms with E-state index in [1.54, 1.807) is 0 Å². The van der Waals surface area contributed by atoms with Crippen LogP contribution in [0.15, 0.2) is 27.6 Å². The number of aromatic carboxylic acids is 1. The molecule has 2 rings (SSSR count). The molecular weight excluding hydrogens is 358 g/mol. The van der Waals surface area contributed by atoms with E-state index in [0.717, 1.165) is 19.6 Å². The quantitative estimate of drug-likeness (QED) is 0.825. The highest BCUT2D eigenvalue weighted by molar-refractivity contribution is 9.10. The number of hydrogen-bond donors (Lipinski definition) is 1. The maximum Gasteiger partial charge on any atom is 0.336 e. The van der Waals surface area contributed by atoms with E-state index in [4.69, 9.17) is 5.11 Å². The van der Waals surface area contributed by atoms with Crippen molar-refractivity contribution in [2.75, 3.05) is 25.4 Å². The first-order valence-corrected chi connectivity index (χ1v) is 9.32. The van der Waals surface area contributed by atoms with Gasteiger partial charge in [-0.3, -0.25) is 0 Å². The van der Waals surface area contributed by atoms with E-state index in [1.165, 1.54) is 31.0 Å². The van der Waals surface area contributed by atoms with Crippen molar-refractivity contribution in [3.63, 3.8) is 0 Å². The number of hydrogen-bond acceptors (Lipinski definition) is 4. The van der Waals surface area contributed by atoms with Crippen LogP contribution in [0.4, 0.5) is 0 Å². The van der Waals surface area contributed by atoms with Crippen LogP contribution in [0.5, 0.6) is 0 Å². The highest BCUT2D eigenvalue weighted by atomic mass is 79.9. The Labute approximate surface area is 133 Å². The molecule has 0 spiro atoms. The van der Waals surface area contributed by atoms with Gasteiger partial charge in [-0.25, -0.2) is 13.2 Å². The van der Waals surface area contributed by atoms with Gasteiger partial charge < -0.3 is 10.0 Å². The number of benzene rings is 1. The number of carboxylic acid groups (broad SMARTS) is 1. The Hall–Kier alpha value is -0.920. The van der Waals surface area contributed by atoms with Crippen molar-refractivity contribution in [1.29, 1.82) is 0 Å². The van der Waals surface area contributed by atoms with Crippen LogP contribution in [0.1, 0.15) is 29.6 Å². The predicted molar refractivity (Wildman–Crippen MR) is 83.4 cm³/mol. The molecule has 5 nitrogen and oxygen atoms in total. The van der Waals surface area contributed by atoms with Gasteiger partial charge in [-0.15, -0.1) is 0 Å². The van der Waals surface area contributed by atoms with Gasteiger partial charge in [0.05, 0.1) is 16.2 Å². The summed E-state index contributed by atoms with van der Waals surface area (Å²) in [6, 6.07) is 4.14. The van der Waals surface area contributed by atoms with Gasteiger partial charge in [0.25, 0.3) is 0 Å². The fraction of sp³-hybridized carbons (Fsp3) is 0.500. The van der Waals surface area contributed by atoms with E-state index in [2.05, 4.69) is 20.8 Å². The zero-order chi connectivity index (χ0) is 15.5. The number of rotatable bonds is 6. The van der Waals surface area contributed by atoms with Crippen LogP contribution in [-0.2, 0) is 9.84 Å². The second-order valence-corrected chi connectivity index (χ2v) is 8.13. The molecule has 1 aromatic rings. The van der Waals surface area contributed by atoms with Crippen molar-refractivity contribution in [1.82, 2.24) is 4.90 Å². The molecule has 7 heteroatoms. The number of nitrogens with zero attached hydrogens (tertiary/aromatic N) is 1. The molecule has 1 heterocycles. The summed E-state index contributed by atoms with van der Waals surface area (Å²) in [7, 11) is -3.44. The van der Waals surface area contributed by atoms with Gasteiger partial charge in [0, 0.05) is 4.47 Å². The van der Waals surface area contributed by atoms with Gasteiger partial charge in [0.1, 0.15) is 0 Å². The first-order chi connectivity index (χ1) is 9.90. The van der Waals surface area contributed by atoms with E-state index in [1.807, 2.05) is 0 Å². The van der Waals surface area contributed by atoms with Gasteiger partial charge >= 0.3 is 5.97 Å². The summed E-state index contributed by atoms with van der Waals surface area (Å²) >= 11 is 3.11. The largest absolute Gasteiger partial charge is 0.478 e. The van der Waals surface area contributed by atoms with Crippen LogP contribution in [0.2, 0.25) is 0 Å². The molecule has 0 aromatic heterocycles. The maximum absolute atomic E-state index is 12.3. The van der Waals surface area contributed by atoms with E-state index in [-0.39, 0.29) is 16.2 Å². The number of carboxylic acids is 1. The van der Waals surface area contributed by atoms with Crippen LogP contribution < -0.4 is 0 Å². The van der Waals surface area contributed by atoms with Gasteiger partial charge in [-0.1, -0.05) is 0 Å². The summed E-state index contributed by atoms with van der Waals surface area (Å²) in [5.74, 6) is -1.10. The summed E-state index contributed by atoms with van der Waals surface area (Å²) in [6.07, 6.45) is 2.93. The van der Waals surface area contributed by atoms with E-state index in [0.29, 0.717) is 10.9 Å². The lowest BCUT2D eigenvalue weighted by Gasteiger charge is -2.14. The predicted octanol–water partition coefficient (Wildman–Crippen LogP) is 2.41. The molecule has 1 N–H and O–H groups in total. The summed E-state index contributed by atoms with van der Waals surface area (Å²) in [4.78, 5) is 13.4. The summed E-state index contributed by atoms with van der Waals surface area (Å²) in [5, 5.41) is 9.04. The number of carbonyl (C=O) groups is 1. The van der Waals surface area contributed by atoms with Crippen LogP contribution >= 0.6 is 15.9 Å². The van der Waals surface area contributed by atoms with Crippen molar-refractivity contribution < 1.29 is 18.3 Å². The fourth-order valence-electron chi connectivity index (χ4n) is 2.46. The second kappa shape index (κ2) is 6.89. The maximum atomic E-state index is 12.3. The minimum absolute atomic E-state index is 0.0318. The Morgan fingerprint density at radius 3 is 2.57 bits per heavy atom. The van der Waals surface area contributed by atoms with Gasteiger partial charge in [-0.05, 0) is 73.0 Å². The molecule has 116 valence electrons. The molecule has 0 amide bonds. The fourth-order valence-corrected chi connectivity index (χ4v) is 4.20. The molecule has 21 heavy (non-hydrogen) atoms. The van der Waals surface area contributed by atoms with Crippen molar-refractivity contribution in [3.8, 4) is 0 Å². The monoisotopic (exact) mass is 375 g/mol. The first-order valence-electron chi connectivity index (χ1n) is 6.88. The van der Waals surface area contributed by atoms with E-state index in [9.17, 15) is 13.2 Å². The zero-order valence-electron chi connectivity index (χ0n) is 11.6. The van der Waals surface area contributed by atoms with Crippen LogP contribution in [0.3, 0.4) is 0 Å². The lowest BCUT2D eigenvalue weighted by atomic mass is 10.2. The average molecular weight is 376 g/mol. The van der Waals surface area contributed by atoms with E-state index < -0.39 is 15.8 Å². The van der Waals surface area contributed by atoms with Crippen molar-refractivity contribution in [2.24, 2.45) is 0 Å². The number of halogens is 1. The second-order valence-electron chi connectivity index (χ2n) is 5.17. The third-order valence-electron chi connectivity index (χ3n) is 3.61. The van der Waals surface area contributed by atoms with Crippen LogP contribution in [0.25, 0.3) is 0 Å². The smallest absolute Gasteiger partial charge is 0.336 e. The molecule has 1 aliphatic rings. The highest BCUT2D eigenvalue weighted by Gasteiger charge is 2.19.